The van der Waals surface area contributed by atoms with Gasteiger partial charge in [0.2, 0.25) is 0 Å². The van der Waals surface area contributed by atoms with Crippen molar-refractivity contribution in [3.63, 3.8) is 0 Å². The van der Waals surface area contributed by atoms with Crippen LogP contribution < -0.4 is 5.32 Å². The quantitative estimate of drug-likeness (QED) is 0.545. The highest BCUT2D eigenvalue weighted by molar-refractivity contribution is 5.85. The molecule has 9 heteroatoms. The molecule has 1 aliphatic heterocycles. The molecule has 2 N–H and O–H groups in total. The van der Waals surface area contributed by atoms with Crippen LogP contribution in [0.5, 0.6) is 0 Å². The highest BCUT2D eigenvalue weighted by atomic mass is 16.6. The number of aromatic nitrogens is 4. The van der Waals surface area contributed by atoms with Gasteiger partial charge in [0.1, 0.15) is 18.3 Å². The van der Waals surface area contributed by atoms with E-state index in [1.54, 1.807) is 12.7 Å². The Morgan fingerprint density at radius 1 is 1.09 bits per heavy atom. The van der Waals surface area contributed by atoms with Gasteiger partial charge in [-0.15, -0.1) is 10.2 Å². The first-order valence-corrected chi connectivity index (χ1v) is 11.7. The molecule has 3 heterocycles. The predicted molar refractivity (Wildman–Crippen MR) is 129 cm³/mol. The Morgan fingerprint density at radius 3 is 2.48 bits per heavy atom. The van der Waals surface area contributed by atoms with Crippen LogP contribution in [-0.2, 0) is 11.2 Å². The summed E-state index contributed by atoms with van der Waals surface area (Å²) in [5.74, 6) is 0. The molecule has 0 unspecified atom stereocenters. The standard InChI is InChI=1S/C24H35N7O2/c1-24(2,3)33-23(32)25-8-10-30-13-11-29(12-14-30)9-4-5-19-16-26-22-7-6-20(15-21(19)22)31-17-27-28-18-31/h6-7,15-18,26H,4-5,8-14H2,1-3H3,(H,25,32). The first-order chi connectivity index (χ1) is 15.9. The number of hydrogen-bond donors (Lipinski definition) is 2. The summed E-state index contributed by atoms with van der Waals surface area (Å²) in [5, 5.41) is 11.9. The number of amides is 1. The first-order valence-electron chi connectivity index (χ1n) is 11.7. The zero-order valence-electron chi connectivity index (χ0n) is 19.9. The lowest BCUT2D eigenvalue weighted by Gasteiger charge is -2.34. The summed E-state index contributed by atoms with van der Waals surface area (Å²) in [4.78, 5) is 20.1. The second-order valence-electron chi connectivity index (χ2n) is 9.63. The molecule has 33 heavy (non-hydrogen) atoms. The average Bonchev–Trinajstić information content (AvgIpc) is 3.44. The van der Waals surface area contributed by atoms with Gasteiger partial charge in [-0.25, -0.2) is 4.79 Å². The maximum absolute atomic E-state index is 11.8. The molecule has 1 saturated heterocycles. The number of alkyl carbamates (subject to hydrolysis) is 1. The summed E-state index contributed by atoms with van der Waals surface area (Å²) in [7, 11) is 0. The van der Waals surface area contributed by atoms with Crippen LogP contribution in [0, 0.1) is 0 Å². The van der Waals surface area contributed by atoms with Gasteiger partial charge < -0.3 is 19.9 Å². The van der Waals surface area contributed by atoms with Crippen molar-refractivity contribution in [3.8, 4) is 5.69 Å². The number of rotatable bonds is 8. The number of carbonyl (C=O) groups is 1. The molecule has 4 rings (SSSR count). The van der Waals surface area contributed by atoms with Crippen molar-refractivity contribution >= 4 is 17.0 Å². The molecule has 0 aliphatic carbocycles. The fraction of sp³-hybridized carbons (Fsp3) is 0.542. The lowest BCUT2D eigenvalue weighted by molar-refractivity contribution is 0.0516. The number of piperazine rings is 1. The molecule has 178 valence electrons. The molecular weight excluding hydrogens is 418 g/mol. The summed E-state index contributed by atoms with van der Waals surface area (Å²) >= 11 is 0. The second kappa shape index (κ2) is 10.4. The van der Waals surface area contributed by atoms with Crippen molar-refractivity contribution in [1.82, 2.24) is 34.9 Å². The minimum atomic E-state index is -0.456. The average molecular weight is 454 g/mol. The molecule has 2 aromatic heterocycles. The van der Waals surface area contributed by atoms with Crippen LogP contribution in [0.25, 0.3) is 16.6 Å². The summed E-state index contributed by atoms with van der Waals surface area (Å²) in [6.07, 6.45) is 7.42. The van der Waals surface area contributed by atoms with Crippen molar-refractivity contribution in [3.05, 3.63) is 42.6 Å². The molecular formula is C24H35N7O2. The smallest absolute Gasteiger partial charge is 0.407 e. The summed E-state index contributed by atoms with van der Waals surface area (Å²) < 4.78 is 7.21. The molecule has 0 bridgehead atoms. The van der Waals surface area contributed by atoms with E-state index in [0.29, 0.717) is 6.54 Å². The van der Waals surface area contributed by atoms with Gasteiger partial charge in [-0.05, 0) is 63.9 Å². The van der Waals surface area contributed by atoms with E-state index in [4.69, 9.17) is 4.74 Å². The Bertz CT molecular complexity index is 1030. The molecule has 1 aliphatic rings. The summed E-state index contributed by atoms with van der Waals surface area (Å²) in [6, 6.07) is 6.40. The van der Waals surface area contributed by atoms with E-state index in [2.05, 4.69) is 54.7 Å². The predicted octanol–water partition coefficient (Wildman–Crippen LogP) is 2.82. The zero-order chi connectivity index (χ0) is 23.3. The van der Waals surface area contributed by atoms with Crippen molar-refractivity contribution in [2.45, 2.75) is 39.2 Å². The SMILES string of the molecule is CC(C)(C)OC(=O)NCCN1CCN(CCCc2c[nH]c3ccc(-n4cnnc4)cc23)CC1. The summed E-state index contributed by atoms with van der Waals surface area (Å²) in [5.41, 5.74) is 3.13. The lowest BCUT2D eigenvalue weighted by atomic mass is 10.1. The number of aromatic amines is 1. The third kappa shape index (κ3) is 6.55. The molecule has 1 fully saturated rings. The van der Waals surface area contributed by atoms with E-state index >= 15 is 0 Å². The maximum Gasteiger partial charge on any atom is 0.407 e. The number of carbonyl (C=O) groups excluding carboxylic acids is 1. The Morgan fingerprint density at radius 2 is 1.79 bits per heavy atom. The van der Waals surface area contributed by atoms with Crippen LogP contribution in [0.4, 0.5) is 4.79 Å². The largest absolute Gasteiger partial charge is 0.444 e. The fourth-order valence-electron chi connectivity index (χ4n) is 4.23. The molecule has 9 nitrogen and oxygen atoms in total. The van der Waals surface area contributed by atoms with E-state index in [1.165, 1.54) is 10.9 Å². The van der Waals surface area contributed by atoms with Crippen molar-refractivity contribution in [2.75, 3.05) is 45.8 Å². The van der Waals surface area contributed by atoms with Gasteiger partial charge in [0.05, 0.1) is 0 Å². The normalized spacial score (nSPS) is 15.7. The summed E-state index contributed by atoms with van der Waals surface area (Å²) in [6.45, 7) is 12.4. The zero-order valence-corrected chi connectivity index (χ0v) is 19.9. The van der Waals surface area contributed by atoms with E-state index < -0.39 is 5.60 Å². The second-order valence-corrected chi connectivity index (χ2v) is 9.63. The van der Waals surface area contributed by atoms with Gasteiger partial charge in [-0.3, -0.25) is 9.47 Å². The molecule has 0 radical (unpaired) electrons. The third-order valence-corrected chi connectivity index (χ3v) is 5.95. The van der Waals surface area contributed by atoms with Crippen molar-refractivity contribution < 1.29 is 9.53 Å². The Balaban J connectivity index is 1.18. The molecule has 1 aromatic carbocycles. The first kappa shape index (κ1) is 23.3. The number of benzene rings is 1. The number of aryl methyl sites for hydroxylation is 1. The highest BCUT2D eigenvalue weighted by Gasteiger charge is 2.18. The van der Waals surface area contributed by atoms with Gasteiger partial charge in [0.15, 0.2) is 0 Å². The van der Waals surface area contributed by atoms with Crippen molar-refractivity contribution in [1.29, 1.82) is 0 Å². The van der Waals surface area contributed by atoms with Crippen LogP contribution in [0.15, 0.2) is 37.1 Å². The monoisotopic (exact) mass is 453 g/mol. The van der Waals surface area contributed by atoms with E-state index in [0.717, 1.165) is 63.3 Å². The van der Waals surface area contributed by atoms with Gasteiger partial charge in [-0.1, -0.05) is 0 Å². The number of fused-ring (bicyclic) bond motifs is 1. The number of ether oxygens (including phenoxy) is 1. The molecule has 0 saturated carbocycles. The van der Waals surface area contributed by atoms with Crippen LogP contribution in [0.3, 0.4) is 0 Å². The molecule has 3 aromatic rings. The highest BCUT2D eigenvalue weighted by Crippen LogP contribution is 2.23. The minimum Gasteiger partial charge on any atom is -0.444 e. The van der Waals surface area contributed by atoms with Crippen LogP contribution in [0.2, 0.25) is 0 Å². The van der Waals surface area contributed by atoms with E-state index in [9.17, 15) is 4.79 Å². The van der Waals surface area contributed by atoms with Gasteiger partial charge in [0.25, 0.3) is 0 Å². The fourth-order valence-corrected chi connectivity index (χ4v) is 4.23. The van der Waals surface area contributed by atoms with E-state index in [1.807, 2.05) is 25.3 Å². The Hall–Kier alpha value is -2.91. The van der Waals surface area contributed by atoms with Crippen LogP contribution >= 0.6 is 0 Å². The van der Waals surface area contributed by atoms with Crippen molar-refractivity contribution in [2.24, 2.45) is 0 Å². The van der Waals surface area contributed by atoms with Gasteiger partial charge >= 0.3 is 6.09 Å². The number of hydrogen-bond acceptors (Lipinski definition) is 6. The van der Waals surface area contributed by atoms with Gasteiger partial charge in [0, 0.05) is 62.1 Å². The van der Waals surface area contributed by atoms with Crippen LogP contribution in [-0.4, -0.2) is 87.1 Å². The molecule has 0 spiro atoms. The topological polar surface area (TPSA) is 91.3 Å². The van der Waals surface area contributed by atoms with Gasteiger partial charge in [-0.2, -0.15) is 0 Å². The number of nitrogens with zero attached hydrogens (tertiary/aromatic N) is 5. The minimum absolute atomic E-state index is 0.341. The van der Waals surface area contributed by atoms with E-state index in [-0.39, 0.29) is 6.09 Å². The Labute approximate surface area is 195 Å². The maximum atomic E-state index is 11.8. The third-order valence-electron chi connectivity index (χ3n) is 5.95. The lowest BCUT2D eigenvalue weighted by Crippen LogP contribution is -2.48. The number of nitrogens with one attached hydrogen (secondary N) is 2. The number of H-pyrrole nitrogens is 1. The Kier molecular flexibility index (Phi) is 7.29. The van der Waals surface area contributed by atoms with Crippen LogP contribution in [0.1, 0.15) is 32.8 Å². The molecule has 1 amide bonds. The molecule has 0 atom stereocenters.